The Kier molecular flexibility index (Phi) is 1.36. The monoisotopic (exact) mass is 164 g/mol. The molecule has 0 aliphatic heterocycles. The van der Waals surface area contributed by atoms with Crippen LogP contribution in [0.1, 0.15) is 30.5 Å². The SMILES string of the molecule is Cc1cc(F)cc2c1C(C)(C)C2. The van der Waals surface area contributed by atoms with Gasteiger partial charge >= 0.3 is 0 Å². The molecular weight excluding hydrogens is 151 g/mol. The van der Waals surface area contributed by atoms with Crippen LogP contribution in [0.15, 0.2) is 12.1 Å². The Bertz CT molecular complexity index is 320. The summed E-state index contributed by atoms with van der Waals surface area (Å²) in [6, 6.07) is 3.29. The number of fused-ring (bicyclic) bond motifs is 1. The van der Waals surface area contributed by atoms with Gasteiger partial charge < -0.3 is 0 Å². The molecule has 0 nitrogen and oxygen atoms in total. The van der Waals surface area contributed by atoms with E-state index in [2.05, 4.69) is 13.8 Å². The first-order chi connectivity index (χ1) is 5.50. The van der Waals surface area contributed by atoms with Crippen LogP contribution in [0, 0.1) is 12.7 Å². The molecule has 2 rings (SSSR count). The molecule has 0 bridgehead atoms. The molecule has 0 aromatic heterocycles. The Morgan fingerprint density at radius 2 is 2.00 bits per heavy atom. The van der Waals surface area contributed by atoms with Gasteiger partial charge in [0.1, 0.15) is 5.82 Å². The summed E-state index contributed by atoms with van der Waals surface area (Å²) in [7, 11) is 0. The zero-order valence-corrected chi connectivity index (χ0v) is 7.74. The summed E-state index contributed by atoms with van der Waals surface area (Å²) in [5.41, 5.74) is 3.91. The van der Waals surface area contributed by atoms with Crippen LogP contribution in [-0.4, -0.2) is 0 Å². The average Bonchev–Trinajstić information content (AvgIpc) is 1.81. The van der Waals surface area contributed by atoms with E-state index in [1.165, 1.54) is 11.1 Å². The van der Waals surface area contributed by atoms with Gasteiger partial charge in [-0.1, -0.05) is 13.8 Å². The van der Waals surface area contributed by atoms with Gasteiger partial charge in [-0.25, -0.2) is 4.39 Å². The Balaban J connectivity index is 2.61. The second kappa shape index (κ2) is 2.09. The van der Waals surface area contributed by atoms with Gasteiger partial charge in [0, 0.05) is 0 Å². The number of halogens is 1. The highest BCUT2D eigenvalue weighted by Crippen LogP contribution is 2.42. The third kappa shape index (κ3) is 0.889. The summed E-state index contributed by atoms with van der Waals surface area (Å²) >= 11 is 0. The maximum absolute atomic E-state index is 12.9. The summed E-state index contributed by atoms with van der Waals surface area (Å²) < 4.78 is 12.9. The maximum atomic E-state index is 12.9. The highest BCUT2D eigenvalue weighted by atomic mass is 19.1. The number of hydrogen-bond donors (Lipinski definition) is 0. The molecule has 1 aliphatic carbocycles. The van der Waals surface area contributed by atoms with Crippen molar-refractivity contribution in [2.75, 3.05) is 0 Å². The van der Waals surface area contributed by atoms with Crippen molar-refractivity contribution in [3.63, 3.8) is 0 Å². The van der Waals surface area contributed by atoms with Crippen LogP contribution in [0.2, 0.25) is 0 Å². The second-order valence-corrected chi connectivity index (χ2v) is 4.32. The van der Waals surface area contributed by atoms with Gasteiger partial charge in [-0.3, -0.25) is 0 Å². The molecule has 1 aromatic carbocycles. The molecule has 1 aliphatic rings. The number of rotatable bonds is 0. The lowest BCUT2D eigenvalue weighted by atomic mass is 9.65. The smallest absolute Gasteiger partial charge is 0.123 e. The molecule has 1 aromatic rings. The minimum Gasteiger partial charge on any atom is -0.207 e. The normalized spacial score (nSPS) is 18.3. The van der Waals surface area contributed by atoms with Crippen LogP contribution in [0.4, 0.5) is 4.39 Å². The fourth-order valence-corrected chi connectivity index (χ4v) is 2.38. The maximum Gasteiger partial charge on any atom is 0.123 e. The van der Waals surface area contributed by atoms with Gasteiger partial charge in [-0.2, -0.15) is 0 Å². The summed E-state index contributed by atoms with van der Waals surface area (Å²) in [4.78, 5) is 0. The highest BCUT2D eigenvalue weighted by Gasteiger charge is 2.35. The van der Waals surface area contributed by atoms with Crippen molar-refractivity contribution in [3.05, 3.63) is 34.6 Å². The molecule has 0 saturated carbocycles. The van der Waals surface area contributed by atoms with Crippen molar-refractivity contribution < 1.29 is 4.39 Å². The van der Waals surface area contributed by atoms with E-state index in [-0.39, 0.29) is 11.2 Å². The molecule has 0 saturated heterocycles. The predicted molar refractivity (Wildman–Crippen MR) is 47.9 cm³/mol. The standard InChI is InChI=1S/C11H13F/c1-7-4-9(12)5-8-6-11(2,3)10(7)8/h4-5H,6H2,1-3H3. The highest BCUT2D eigenvalue weighted by molar-refractivity contribution is 5.48. The third-order valence-electron chi connectivity index (χ3n) is 2.69. The van der Waals surface area contributed by atoms with Crippen LogP contribution < -0.4 is 0 Å². The van der Waals surface area contributed by atoms with E-state index in [1.54, 1.807) is 12.1 Å². The Labute approximate surface area is 72.4 Å². The van der Waals surface area contributed by atoms with Crippen molar-refractivity contribution in [1.82, 2.24) is 0 Å². The Morgan fingerprint density at radius 1 is 1.33 bits per heavy atom. The molecule has 0 N–H and O–H groups in total. The van der Waals surface area contributed by atoms with Crippen molar-refractivity contribution >= 4 is 0 Å². The summed E-state index contributed by atoms with van der Waals surface area (Å²) in [6.45, 7) is 6.41. The van der Waals surface area contributed by atoms with Gasteiger partial charge in [0.05, 0.1) is 0 Å². The molecule has 64 valence electrons. The molecule has 0 unspecified atom stereocenters. The van der Waals surface area contributed by atoms with E-state index < -0.39 is 0 Å². The molecule has 0 spiro atoms. The molecule has 0 radical (unpaired) electrons. The zero-order valence-electron chi connectivity index (χ0n) is 7.74. The first-order valence-electron chi connectivity index (χ1n) is 4.30. The van der Waals surface area contributed by atoms with Gasteiger partial charge in [-0.05, 0) is 47.6 Å². The van der Waals surface area contributed by atoms with Gasteiger partial charge in [0.15, 0.2) is 0 Å². The summed E-state index contributed by atoms with van der Waals surface area (Å²) in [5.74, 6) is -0.0956. The second-order valence-electron chi connectivity index (χ2n) is 4.32. The van der Waals surface area contributed by atoms with Crippen molar-refractivity contribution in [2.24, 2.45) is 0 Å². The fourth-order valence-electron chi connectivity index (χ4n) is 2.38. The van der Waals surface area contributed by atoms with Crippen LogP contribution >= 0.6 is 0 Å². The first kappa shape index (κ1) is 7.78. The van der Waals surface area contributed by atoms with E-state index in [4.69, 9.17) is 0 Å². The van der Waals surface area contributed by atoms with E-state index >= 15 is 0 Å². The number of aryl methyl sites for hydroxylation is 1. The minimum absolute atomic E-state index is 0.0956. The molecule has 0 atom stereocenters. The fraction of sp³-hybridized carbons (Fsp3) is 0.455. The van der Waals surface area contributed by atoms with Gasteiger partial charge in [0.25, 0.3) is 0 Å². The Morgan fingerprint density at radius 3 is 2.50 bits per heavy atom. The zero-order chi connectivity index (χ0) is 8.93. The number of hydrogen-bond acceptors (Lipinski definition) is 0. The molecule has 0 amide bonds. The van der Waals surface area contributed by atoms with E-state index in [0.717, 1.165) is 12.0 Å². The first-order valence-corrected chi connectivity index (χ1v) is 4.30. The summed E-state index contributed by atoms with van der Waals surface area (Å²) in [5, 5.41) is 0. The van der Waals surface area contributed by atoms with Crippen molar-refractivity contribution in [2.45, 2.75) is 32.6 Å². The number of benzene rings is 1. The van der Waals surface area contributed by atoms with Crippen molar-refractivity contribution in [1.29, 1.82) is 0 Å². The van der Waals surface area contributed by atoms with Crippen LogP contribution in [0.3, 0.4) is 0 Å². The lowest BCUT2D eigenvalue weighted by Gasteiger charge is -2.39. The topological polar surface area (TPSA) is 0 Å². The molecule has 12 heavy (non-hydrogen) atoms. The molecule has 0 heterocycles. The van der Waals surface area contributed by atoms with Crippen LogP contribution in [-0.2, 0) is 11.8 Å². The predicted octanol–water partition coefficient (Wildman–Crippen LogP) is 2.97. The third-order valence-corrected chi connectivity index (χ3v) is 2.69. The van der Waals surface area contributed by atoms with E-state index in [0.29, 0.717) is 0 Å². The van der Waals surface area contributed by atoms with E-state index in [9.17, 15) is 4.39 Å². The van der Waals surface area contributed by atoms with Crippen LogP contribution in [0.25, 0.3) is 0 Å². The van der Waals surface area contributed by atoms with Crippen molar-refractivity contribution in [3.8, 4) is 0 Å². The molecule has 1 heteroatoms. The Hall–Kier alpha value is -0.850. The van der Waals surface area contributed by atoms with Crippen LogP contribution in [0.5, 0.6) is 0 Å². The average molecular weight is 164 g/mol. The molecular formula is C11H13F. The van der Waals surface area contributed by atoms with Gasteiger partial charge in [0.2, 0.25) is 0 Å². The lowest BCUT2D eigenvalue weighted by Crippen LogP contribution is -2.33. The van der Waals surface area contributed by atoms with E-state index in [1.807, 2.05) is 6.92 Å². The quantitative estimate of drug-likeness (QED) is 0.553. The minimum atomic E-state index is -0.0956. The molecule has 0 fully saturated rings. The lowest BCUT2D eigenvalue weighted by molar-refractivity contribution is 0.446. The largest absolute Gasteiger partial charge is 0.207 e. The van der Waals surface area contributed by atoms with Gasteiger partial charge in [-0.15, -0.1) is 0 Å². The summed E-state index contributed by atoms with van der Waals surface area (Å²) in [6.07, 6.45) is 1.01.